The Hall–Kier alpha value is -2.90. The second kappa shape index (κ2) is 15.0. The van der Waals surface area contributed by atoms with Gasteiger partial charge in [-0.1, -0.05) is 35.3 Å². The highest BCUT2D eigenvalue weighted by atomic mass is 35.5. The van der Waals surface area contributed by atoms with E-state index < -0.39 is 0 Å². The Morgan fingerprint density at radius 2 is 1.00 bits per heavy atom. The van der Waals surface area contributed by atoms with Gasteiger partial charge in [-0.15, -0.1) is 23.5 Å². The molecule has 0 saturated heterocycles. The van der Waals surface area contributed by atoms with Crippen LogP contribution in [0, 0.1) is 0 Å². The number of rotatable bonds is 12. The van der Waals surface area contributed by atoms with Gasteiger partial charge in [0.05, 0.1) is 0 Å². The zero-order valence-corrected chi connectivity index (χ0v) is 24.3. The first kappa shape index (κ1) is 29.1. The van der Waals surface area contributed by atoms with Gasteiger partial charge in [-0.05, 0) is 90.3 Å². The summed E-state index contributed by atoms with van der Waals surface area (Å²) in [7, 11) is 0. The molecule has 0 spiro atoms. The Bertz CT molecular complexity index is 1320. The second-order valence-electron chi connectivity index (χ2n) is 8.70. The van der Waals surface area contributed by atoms with E-state index in [4.69, 9.17) is 23.2 Å². The molecule has 0 unspecified atom stereocenters. The molecule has 0 aliphatic rings. The summed E-state index contributed by atoms with van der Waals surface area (Å²) in [5.74, 6) is 1.99. The minimum absolute atomic E-state index is 0.210. The molecule has 0 heterocycles. The SMILES string of the molecule is Oc1ccc(CSc2ccc(Cl)cc2)cc1C=NCCCN=Cc1cc(CSc2ccc(Cl)cc2)ccc1O. The lowest BCUT2D eigenvalue weighted by atomic mass is 10.1. The fourth-order valence-electron chi connectivity index (χ4n) is 3.57. The molecule has 0 bridgehead atoms. The van der Waals surface area contributed by atoms with Gasteiger partial charge in [0.2, 0.25) is 0 Å². The standard InChI is InChI=1S/C31H28Cl2N2O2S2/c32-26-4-8-28(9-5-26)38-20-22-2-12-30(36)24(16-22)18-34-14-1-15-35-19-25-17-23(3-13-31(25)37)21-39-29-10-6-27(33)7-11-29/h2-13,16-19,36-37H,1,14-15,20-21H2. The molecular weight excluding hydrogens is 567 g/mol. The lowest BCUT2D eigenvalue weighted by Crippen LogP contribution is -1.92. The molecule has 39 heavy (non-hydrogen) atoms. The summed E-state index contributed by atoms with van der Waals surface area (Å²) in [5, 5.41) is 21.9. The highest BCUT2D eigenvalue weighted by Gasteiger charge is 2.04. The average Bonchev–Trinajstić information content (AvgIpc) is 2.94. The Kier molecular flexibility index (Phi) is 11.2. The molecule has 4 rings (SSSR count). The van der Waals surface area contributed by atoms with Gasteiger partial charge in [-0.25, -0.2) is 0 Å². The molecule has 0 atom stereocenters. The van der Waals surface area contributed by atoms with E-state index in [1.54, 1.807) is 48.1 Å². The number of phenolic OH excluding ortho intramolecular Hbond substituents is 2. The molecule has 2 N–H and O–H groups in total. The molecule has 0 fully saturated rings. The van der Waals surface area contributed by atoms with Crippen LogP contribution in [-0.4, -0.2) is 35.7 Å². The van der Waals surface area contributed by atoms with Gasteiger partial charge in [-0.3, -0.25) is 9.98 Å². The zero-order chi connectivity index (χ0) is 27.5. The fourth-order valence-corrected chi connectivity index (χ4v) is 5.50. The molecule has 0 saturated carbocycles. The summed E-state index contributed by atoms with van der Waals surface area (Å²) in [4.78, 5) is 11.2. The van der Waals surface area contributed by atoms with Gasteiger partial charge >= 0.3 is 0 Å². The van der Waals surface area contributed by atoms with Crippen LogP contribution in [0.2, 0.25) is 10.0 Å². The molecule has 0 aliphatic carbocycles. The molecule has 0 radical (unpaired) electrons. The molecule has 4 aromatic carbocycles. The number of hydrogen-bond donors (Lipinski definition) is 2. The van der Waals surface area contributed by atoms with Crippen molar-refractivity contribution in [3.8, 4) is 11.5 Å². The quantitative estimate of drug-likeness (QED) is 0.0975. The zero-order valence-electron chi connectivity index (χ0n) is 21.1. The van der Waals surface area contributed by atoms with Crippen LogP contribution < -0.4 is 0 Å². The first-order chi connectivity index (χ1) is 19.0. The summed E-state index contributed by atoms with van der Waals surface area (Å²) in [5.41, 5.74) is 3.61. The minimum Gasteiger partial charge on any atom is -0.507 e. The predicted molar refractivity (Wildman–Crippen MR) is 168 cm³/mol. The number of thioether (sulfide) groups is 2. The van der Waals surface area contributed by atoms with Gasteiger partial charge in [0.15, 0.2) is 0 Å². The van der Waals surface area contributed by atoms with Gasteiger partial charge in [0.25, 0.3) is 0 Å². The molecule has 0 aromatic heterocycles. The van der Waals surface area contributed by atoms with Crippen molar-refractivity contribution in [3.05, 3.63) is 117 Å². The Morgan fingerprint density at radius 3 is 1.41 bits per heavy atom. The normalized spacial score (nSPS) is 11.5. The van der Waals surface area contributed by atoms with E-state index in [9.17, 15) is 10.2 Å². The van der Waals surface area contributed by atoms with E-state index >= 15 is 0 Å². The van der Waals surface area contributed by atoms with Crippen LogP contribution in [0.4, 0.5) is 0 Å². The predicted octanol–water partition coefficient (Wildman–Crippen LogP) is 8.92. The molecule has 0 aliphatic heterocycles. The number of benzene rings is 4. The maximum Gasteiger partial charge on any atom is 0.124 e. The average molecular weight is 596 g/mol. The third-order valence-corrected chi connectivity index (χ3v) is 8.33. The largest absolute Gasteiger partial charge is 0.507 e. The number of phenols is 2. The summed E-state index contributed by atoms with van der Waals surface area (Å²) in [6.45, 7) is 1.18. The van der Waals surface area contributed by atoms with Crippen molar-refractivity contribution in [2.45, 2.75) is 27.7 Å². The third kappa shape index (κ3) is 9.66. The van der Waals surface area contributed by atoms with Crippen molar-refractivity contribution in [3.63, 3.8) is 0 Å². The van der Waals surface area contributed by atoms with Gasteiger partial charge in [0.1, 0.15) is 11.5 Å². The van der Waals surface area contributed by atoms with Gasteiger partial charge < -0.3 is 10.2 Å². The van der Waals surface area contributed by atoms with Crippen molar-refractivity contribution >= 4 is 59.2 Å². The first-order valence-corrected chi connectivity index (χ1v) is 15.1. The van der Waals surface area contributed by atoms with Crippen LogP contribution in [0.15, 0.2) is 105 Å². The van der Waals surface area contributed by atoms with E-state index in [1.807, 2.05) is 72.8 Å². The number of halogens is 2. The summed E-state index contributed by atoms with van der Waals surface area (Å²) in [6, 6.07) is 26.7. The van der Waals surface area contributed by atoms with Gasteiger partial charge in [-0.2, -0.15) is 0 Å². The van der Waals surface area contributed by atoms with Crippen molar-refractivity contribution in [2.75, 3.05) is 13.1 Å². The van der Waals surface area contributed by atoms with E-state index in [-0.39, 0.29) is 11.5 Å². The molecule has 8 heteroatoms. The van der Waals surface area contributed by atoms with Gasteiger partial charge in [0, 0.05) is 68.0 Å². The first-order valence-electron chi connectivity index (χ1n) is 12.4. The lowest BCUT2D eigenvalue weighted by Gasteiger charge is -2.06. The number of nitrogens with zero attached hydrogens (tertiary/aromatic N) is 2. The Morgan fingerprint density at radius 1 is 0.590 bits per heavy atom. The second-order valence-corrected chi connectivity index (χ2v) is 11.7. The van der Waals surface area contributed by atoms with Crippen LogP contribution >= 0.6 is 46.7 Å². The van der Waals surface area contributed by atoms with Crippen molar-refractivity contribution in [2.24, 2.45) is 9.98 Å². The molecule has 200 valence electrons. The maximum absolute atomic E-state index is 10.2. The highest BCUT2D eigenvalue weighted by Crippen LogP contribution is 2.27. The summed E-state index contributed by atoms with van der Waals surface area (Å²) < 4.78 is 0. The monoisotopic (exact) mass is 594 g/mol. The van der Waals surface area contributed by atoms with Crippen molar-refractivity contribution in [1.29, 1.82) is 0 Å². The molecule has 4 nitrogen and oxygen atoms in total. The lowest BCUT2D eigenvalue weighted by molar-refractivity contribution is 0.474. The van der Waals surface area contributed by atoms with E-state index in [2.05, 4.69) is 9.98 Å². The maximum atomic E-state index is 10.2. The van der Waals surface area contributed by atoms with E-state index in [0.717, 1.165) is 48.9 Å². The van der Waals surface area contributed by atoms with Crippen LogP contribution in [-0.2, 0) is 11.5 Å². The highest BCUT2D eigenvalue weighted by molar-refractivity contribution is 7.98. The number of hydrogen-bond acceptors (Lipinski definition) is 6. The Labute approximate surface area is 247 Å². The minimum atomic E-state index is 0.210. The van der Waals surface area contributed by atoms with E-state index in [0.29, 0.717) is 24.2 Å². The number of aromatic hydroxyl groups is 2. The fraction of sp³-hybridized carbons (Fsp3) is 0.161. The number of aliphatic imine (C=N–C) groups is 2. The molecule has 0 amide bonds. The molecule has 4 aromatic rings. The summed E-state index contributed by atoms with van der Waals surface area (Å²) >= 11 is 15.3. The smallest absolute Gasteiger partial charge is 0.124 e. The van der Waals surface area contributed by atoms with Crippen molar-refractivity contribution in [1.82, 2.24) is 0 Å². The van der Waals surface area contributed by atoms with Crippen LogP contribution in [0.25, 0.3) is 0 Å². The third-order valence-electron chi connectivity index (χ3n) is 5.66. The van der Waals surface area contributed by atoms with E-state index in [1.165, 1.54) is 0 Å². The summed E-state index contributed by atoms with van der Waals surface area (Å²) in [6.07, 6.45) is 4.18. The van der Waals surface area contributed by atoms with Crippen LogP contribution in [0.1, 0.15) is 28.7 Å². The molecular formula is C31H28Cl2N2O2S2. The van der Waals surface area contributed by atoms with Crippen LogP contribution in [0.5, 0.6) is 11.5 Å². The Balaban J connectivity index is 1.23. The topological polar surface area (TPSA) is 65.2 Å². The van der Waals surface area contributed by atoms with Crippen molar-refractivity contribution < 1.29 is 10.2 Å². The van der Waals surface area contributed by atoms with Crippen LogP contribution in [0.3, 0.4) is 0 Å².